The van der Waals surface area contributed by atoms with Crippen molar-refractivity contribution in [3.63, 3.8) is 0 Å². The minimum absolute atomic E-state index is 0.152. The maximum Gasteiger partial charge on any atom is 0.134 e. The Kier molecular flexibility index (Phi) is 3.28. The Bertz CT molecular complexity index is 408. The molecule has 0 saturated heterocycles. The first-order valence-corrected chi connectivity index (χ1v) is 5.55. The Hall–Kier alpha value is -1.00. The van der Waals surface area contributed by atoms with Crippen LogP contribution in [0.5, 0.6) is 0 Å². The Morgan fingerprint density at radius 1 is 1.33 bits per heavy atom. The van der Waals surface area contributed by atoms with E-state index in [-0.39, 0.29) is 6.04 Å². The molecule has 0 spiro atoms. The lowest BCUT2D eigenvalue weighted by Gasteiger charge is -2.10. The first kappa shape index (κ1) is 10.5. The summed E-state index contributed by atoms with van der Waals surface area (Å²) >= 11 is 3.43. The van der Waals surface area contributed by atoms with Gasteiger partial charge in [0.2, 0.25) is 0 Å². The molecule has 80 valence electrons. The maximum absolute atomic E-state index is 5.36. The molecule has 1 unspecified atom stereocenters. The zero-order valence-corrected chi connectivity index (χ0v) is 9.95. The van der Waals surface area contributed by atoms with Crippen LogP contribution in [0.2, 0.25) is 0 Å². The largest absolute Gasteiger partial charge is 0.468 e. The molecule has 2 rings (SSSR count). The molecular formula is C11H12BrNO2. The van der Waals surface area contributed by atoms with Gasteiger partial charge >= 0.3 is 0 Å². The van der Waals surface area contributed by atoms with E-state index in [1.807, 2.05) is 25.1 Å². The summed E-state index contributed by atoms with van der Waals surface area (Å²) in [4.78, 5) is 0. The van der Waals surface area contributed by atoms with Crippen molar-refractivity contribution in [2.24, 2.45) is 0 Å². The predicted molar refractivity (Wildman–Crippen MR) is 60.4 cm³/mol. The van der Waals surface area contributed by atoms with Crippen LogP contribution in [0.1, 0.15) is 24.5 Å². The molecule has 0 fully saturated rings. The van der Waals surface area contributed by atoms with Crippen LogP contribution in [-0.2, 0) is 6.54 Å². The topological polar surface area (TPSA) is 38.3 Å². The zero-order valence-electron chi connectivity index (χ0n) is 8.37. The van der Waals surface area contributed by atoms with Crippen molar-refractivity contribution in [3.05, 3.63) is 46.7 Å². The summed E-state index contributed by atoms with van der Waals surface area (Å²) in [6.07, 6.45) is 3.34. The molecule has 15 heavy (non-hydrogen) atoms. The molecule has 0 amide bonds. The average molecular weight is 270 g/mol. The van der Waals surface area contributed by atoms with Gasteiger partial charge in [-0.2, -0.15) is 0 Å². The van der Waals surface area contributed by atoms with Crippen molar-refractivity contribution in [1.82, 2.24) is 5.32 Å². The van der Waals surface area contributed by atoms with Crippen LogP contribution in [0, 0.1) is 0 Å². The van der Waals surface area contributed by atoms with E-state index in [1.165, 1.54) is 0 Å². The first-order valence-electron chi connectivity index (χ1n) is 4.76. The fourth-order valence-electron chi connectivity index (χ4n) is 1.37. The SMILES string of the molecule is CC(NCc1ccco1)c1occc1Br. The van der Waals surface area contributed by atoms with Gasteiger partial charge in [-0.15, -0.1) is 0 Å². The van der Waals surface area contributed by atoms with Crippen molar-refractivity contribution in [1.29, 1.82) is 0 Å². The summed E-state index contributed by atoms with van der Waals surface area (Å²) in [6.45, 7) is 2.74. The van der Waals surface area contributed by atoms with Crippen molar-refractivity contribution in [2.75, 3.05) is 0 Å². The summed E-state index contributed by atoms with van der Waals surface area (Å²) in [5.41, 5.74) is 0. The van der Waals surface area contributed by atoms with Gasteiger partial charge in [0.25, 0.3) is 0 Å². The molecule has 0 saturated carbocycles. The van der Waals surface area contributed by atoms with Crippen molar-refractivity contribution in [2.45, 2.75) is 19.5 Å². The van der Waals surface area contributed by atoms with Gasteiger partial charge in [-0.05, 0) is 41.1 Å². The smallest absolute Gasteiger partial charge is 0.134 e. The molecule has 2 aromatic rings. The van der Waals surface area contributed by atoms with Crippen LogP contribution in [0.4, 0.5) is 0 Å². The van der Waals surface area contributed by atoms with Gasteiger partial charge in [0.1, 0.15) is 11.5 Å². The maximum atomic E-state index is 5.36. The fraction of sp³-hybridized carbons (Fsp3) is 0.273. The third-order valence-corrected chi connectivity index (χ3v) is 2.86. The third kappa shape index (κ3) is 2.52. The van der Waals surface area contributed by atoms with E-state index in [0.717, 1.165) is 16.0 Å². The number of rotatable bonds is 4. The summed E-state index contributed by atoms with van der Waals surface area (Å²) in [5.74, 6) is 1.83. The highest BCUT2D eigenvalue weighted by atomic mass is 79.9. The zero-order chi connectivity index (χ0) is 10.7. The Balaban J connectivity index is 1.93. The van der Waals surface area contributed by atoms with Crippen molar-refractivity contribution >= 4 is 15.9 Å². The Morgan fingerprint density at radius 2 is 2.20 bits per heavy atom. The summed E-state index contributed by atoms with van der Waals surface area (Å²) in [5, 5.41) is 3.31. The molecule has 0 aliphatic carbocycles. The van der Waals surface area contributed by atoms with Crippen LogP contribution < -0.4 is 5.32 Å². The Labute approximate surface area is 96.6 Å². The quantitative estimate of drug-likeness (QED) is 0.924. The molecule has 4 heteroatoms. The van der Waals surface area contributed by atoms with Crippen LogP contribution in [0.25, 0.3) is 0 Å². The third-order valence-electron chi connectivity index (χ3n) is 2.20. The molecule has 1 atom stereocenters. The van der Waals surface area contributed by atoms with Gasteiger partial charge in [0.15, 0.2) is 0 Å². The van der Waals surface area contributed by atoms with Gasteiger partial charge in [0, 0.05) is 0 Å². The highest BCUT2D eigenvalue weighted by molar-refractivity contribution is 9.10. The molecule has 0 radical (unpaired) electrons. The minimum atomic E-state index is 0.152. The number of halogens is 1. The lowest BCUT2D eigenvalue weighted by atomic mass is 10.2. The lowest BCUT2D eigenvalue weighted by Crippen LogP contribution is -2.17. The van der Waals surface area contributed by atoms with Crippen LogP contribution in [-0.4, -0.2) is 0 Å². The van der Waals surface area contributed by atoms with E-state index >= 15 is 0 Å². The number of furan rings is 2. The van der Waals surface area contributed by atoms with E-state index in [0.29, 0.717) is 6.54 Å². The first-order chi connectivity index (χ1) is 7.27. The van der Waals surface area contributed by atoms with Gasteiger partial charge in [-0.25, -0.2) is 0 Å². The average Bonchev–Trinajstić information content (AvgIpc) is 2.84. The monoisotopic (exact) mass is 269 g/mol. The predicted octanol–water partition coefficient (Wildman–Crippen LogP) is 3.49. The normalized spacial score (nSPS) is 12.9. The molecular weight excluding hydrogens is 258 g/mol. The fourth-order valence-corrected chi connectivity index (χ4v) is 1.92. The lowest BCUT2D eigenvalue weighted by molar-refractivity contribution is 0.405. The van der Waals surface area contributed by atoms with Gasteiger partial charge < -0.3 is 14.2 Å². The molecule has 0 bridgehead atoms. The minimum Gasteiger partial charge on any atom is -0.468 e. The Morgan fingerprint density at radius 3 is 2.80 bits per heavy atom. The van der Waals surface area contributed by atoms with Gasteiger partial charge in [-0.1, -0.05) is 0 Å². The van der Waals surface area contributed by atoms with Gasteiger partial charge in [-0.3, -0.25) is 0 Å². The highest BCUT2D eigenvalue weighted by Gasteiger charge is 2.12. The van der Waals surface area contributed by atoms with E-state index in [9.17, 15) is 0 Å². The molecule has 0 aromatic carbocycles. The van der Waals surface area contributed by atoms with Crippen molar-refractivity contribution < 1.29 is 8.83 Å². The summed E-state index contributed by atoms with van der Waals surface area (Å²) < 4.78 is 11.6. The van der Waals surface area contributed by atoms with Crippen LogP contribution in [0.15, 0.2) is 44.0 Å². The van der Waals surface area contributed by atoms with E-state index in [2.05, 4.69) is 21.2 Å². The van der Waals surface area contributed by atoms with Gasteiger partial charge in [0.05, 0.1) is 29.6 Å². The van der Waals surface area contributed by atoms with E-state index < -0.39 is 0 Å². The molecule has 1 N–H and O–H groups in total. The van der Waals surface area contributed by atoms with Crippen molar-refractivity contribution in [3.8, 4) is 0 Å². The number of hydrogen-bond acceptors (Lipinski definition) is 3. The molecule has 3 nitrogen and oxygen atoms in total. The van der Waals surface area contributed by atoms with Crippen LogP contribution >= 0.6 is 15.9 Å². The van der Waals surface area contributed by atoms with E-state index in [1.54, 1.807) is 12.5 Å². The standard InChI is InChI=1S/C11H12BrNO2/c1-8(11-10(12)4-6-15-11)13-7-9-3-2-5-14-9/h2-6,8,13H,7H2,1H3. The van der Waals surface area contributed by atoms with Crippen LogP contribution in [0.3, 0.4) is 0 Å². The molecule has 2 aromatic heterocycles. The number of nitrogens with one attached hydrogen (secondary N) is 1. The summed E-state index contributed by atoms with van der Waals surface area (Å²) in [6, 6.07) is 5.86. The highest BCUT2D eigenvalue weighted by Crippen LogP contribution is 2.24. The van der Waals surface area contributed by atoms with E-state index in [4.69, 9.17) is 8.83 Å². The summed E-state index contributed by atoms with van der Waals surface area (Å²) in [7, 11) is 0. The second kappa shape index (κ2) is 4.68. The molecule has 0 aliphatic rings. The molecule has 2 heterocycles. The number of hydrogen-bond donors (Lipinski definition) is 1. The second-order valence-corrected chi connectivity index (χ2v) is 4.17. The molecule has 0 aliphatic heterocycles. The second-order valence-electron chi connectivity index (χ2n) is 3.31.